The van der Waals surface area contributed by atoms with E-state index in [0.29, 0.717) is 6.04 Å². The Balaban J connectivity index is 1.91. The maximum Gasteiger partial charge on any atom is 0.0769 e. The summed E-state index contributed by atoms with van der Waals surface area (Å²) < 4.78 is 0. The topological polar surface area (TPSA) is 40.2 Å². The fraction of sp³-hybridized carbons (Fsp3) is 0.353. The minimum atomic E-state index is 0.319. The molecule has 0 saturated carbocycles. The largest absolute Gasteiger partial charge is 0.376 e. The Morgan fingerprint density at radius 3 is 2.95 bits per heavy atom. The van der Waals surface area contributed by atoms with Crippen molar-refractivity contribution in [2.24, 2.45) is 0 Å². The Morgan fingerprint density at radius 2 is 2.10 bits per heavy atom. The summed E-state index contributed by atoms with van der Waals surface area (Å²) in [6, 6.07) is 11.0. The lowest BCUT2D eigenvalue weighted by Gasteiger charge is -2.24. The maximum atomic E-state index is 4.27. The monoisotopic (exact) mass is 282 g/mol. The van der Waals surface area contributed by atoms with Gasteiger partial charge in [-0.2, -0.15) is 0 Å². The van der Waals surface area contributed by atoms with Gasteiger partial charge in [0.05, 0.1) is 23.6 Å². The zero-order valence-corrected chi connectivity index (χ0v) is 12.6. The number of pyridine rings is 1. The molecule has 0 aliphatic carbocycles. The average molecular weight is 282 g/mol. The highest BCUT2D eigenvalue weighted by molar-refractivity contribution is 5.68. The molecule has 4 heteroatoms. The van der Waals surface area contributed by atoms with Crippen LogP contribution in [0, 0.1) is 0 Å². The number of anilines is 2. The van der Waals surface area contributed by atoms with Crippen LogP contribution in [0.1, 0.15) is 23.6 Å². The molecule has 1 atom stereocenters. The van der Waals surface area contributed by atoms with Crippen LogP contribution < -0.4 is 15.5 Å². The average Bonchev–Trinajstić information content (AvgIpc) is 2.70. The van der Waals surface area contributed by atoms with Crippen molar-refractivity contribution in [3.63, 3.8) is 0 Å². The highest BCUT2D eigenvalue weighted by Gasteiger charge is 2.19. The fourth-order valence-electron chi connectivity index (χ4n) is 2.89. The van der Waals surface area contributed by atoms with Gasteiger partial charge in [-0.15, -0.1) is 0 Å². The van der Waals surface area contributed by atoms with E-state index in [-0.39, 0.29) is 0 Å². The third-order valence-corrected chi connectivity index (χ3v) is 3.97. The van der Waals surface area contributed by atoms with Crippen LogP contribution >= 0.6 is 0 Å². The van der Waals surface area contributed by atoms with Gasteiger partial charge in [-0.3, -0.25) is 4.98 Å². The molecule has 0 bridgehead atoms. The zero-order valence-electron chi connectivity index (χ0n) is 12.6. The van der Waals surface area contributed by atoms with Crippen LogP contribution in [0.2, 0.25) is 0 Å². The van der Waals surface area contributed by atoms with Gasteiger partial charge in [0.2, 0.25) is 0 Å². The molecule has 2 heterocycles. The van der Waals surface area contributed by atoms with E-state index in [0.717, 1.165) is 25.2 Å². The second kappa shape index (κ2) is 6.14. The molecule has 3 rings (SSSR count). The second-order valence-electron chi connectivity index (χ2n) is 5.65. The first-order valence-electron chi connectivity index (χ1n) is 7.42. The van der Waals surface area contributed by atoms with Crippen molar-refractivity contribution in [2.75, 3.05) is 30.9 Å². The number of benzene rings is 1. The van der Waals surface area contributed by atoms with E-state index in [2.05, 4.69) is 58.9 Å². The Labute approximate surface area is 126 Å². The first-order chi connectivity index (χ1) is 10.3. The lowest BCUT2D eigenvalue weighted by molar-refractivity contribution is 0.637. The quantitative estimate of drug-likeness (QED) is 0.908. The highest BCUT2D eigenvalue weighted by Crippen LogP contribution is 2.31. The van der Waals surface area contributed by atoms with Crippen molar-refractivity contribution in [3.05, 3.63) is 53.9 Å². The van der Waals surface area contributed by atoms with Gasteiger partial charge in [-0.05, 0) is 30.2 Å². The summed E-state index contributed by atoms with van der Waals surface area (Å²) in [7, 11) is 4.12. The van der Waals surface area contributed by atoms with Crippen LogP contribution in [0.4, 0.5) is 11.4 Å². The van der Waals surface area contributed by atoms with Crippen LogP contribution in [0.25, 0.3) is 0 Å². The summed E-state index contributed by atoms with van der Waals surface area (Å²) in [5, 5.41) is 7.17. The SMILES string of the molecule is CN(C)c1ccncc1NC1CCNCc2ccccc21. The van der Waals surface area contributed by atoms with Gasteiger partial charge >= 0.3 is 0 Å². The summed E-state index contributed by atoms with van der Waals surface area (Å²) >= 11 is 0. The first kappa shape index (κ1) is 13.9. The lowest BCUT2D eigenvalue weighted by Crippen LogP contribution is -2.17. The molecule has 0 fully saturated rings. The standard InChI is InChI=1S/C17H22N4/c1-21(2)17-8-10-19-12-16(17)20-15-7-9-18-11-13-5-3-4-6-14(13)15/h3-6,8,10,12,15,18,20H,7,9,11H2,1-2H3. The number of aromatic nitrogens is 1. The third kappa shape index (κ3) is 3.00. The summed E-state index contributed by atoms with van der Waals surface area (Å²) in [5.74, 6) is 0. The minimum Gasteiger partial charge on any atom is -0.376 e. The van der Waals surface area contributed by atoms with Gasteiger partial charge < -0.3 is 15.5 Å². The number of hydrogen-bond acceptors (Lipinski definition) is 4. The molecule has 1 aliphatic heterocycles. The van der Waals surface area contributed by atoms with Crippen LogP contribution in [0.5, 0.6) is 0 Å². The van der Waals surface area contributed by atoms with Gasteiger partial charge in [0.1, 0.15) is 0 Å². The molecule has 2 N–H and O–H groups in total. The van der Waals surface area contributed by atoms with Crippen LogP contribution in [0.3, 0.4) is 0 Å². The van der Waals surface area contributed by atoms with Crippen LogP contribution in [-0.4, -0.2) is 25.6 Å². The lowest BCUT2D eigenvalue weighted by atomic mass is 9.99. The zero-order chi connectivity index (χ0) is 14.7. The first-order valence-corrected chi connectivity index (χ1v) is 7.42. The van der Waals surface area contributed by atoms with Crippen molar-refractivity contribution < 1.29 is 0 Å². The van der Waals surface area contributed by atoms with Gasteiger partial charge in [-0.1, -0.05) is 24.3 Å². The number of nitrogens with zero attached hydrogens (tertiary/aromatic N) is 2. The van der Waals surface area contributed by atoms with E-state index >= 15 is 0 Å². The van der Waals surface area contributed by atoms with Gasteiger partial charge in [-0.25, -0.2) is 0 Å². The van der Waals surface area contributed by atoms with E-state index in [1.807, 2.05) is 18.5 Å². The van der Waals surface area contributed by atoms with E-state index in [9.17, 15) is 0 Å². The van der Waals surface area contributed by atoms with E-state index in [1.165, 1.54) is 16.8 Å². The fourth-order valence-corrected chi connectivity index (χ4v) is 2.89. The molecule has 1 aliphatic rings. The molecule has 0 amide bonds. The summed E-state index contributed by atoms with van der Waals surface area (Å²) in [4.78, 5) is 6.38. The summed E-state index contributed by atoms with van der Waals surface area (Å²) in [5.41, 5.74) is 5.02. The molecule has 21 heavy (non-hydrogen) atoms. The molecule has 1 unspecified atom stereocenters. The Morgan fingerprint density at radius 1 is 1.24 bits per heavy atom. The predicted octanol–water partition coefficient (Wildman–Crippen LogP) is 2.79. The number of fused-ring (bicyclic) bond motifs is 1. The second-order valence-corrected chi connectivity index (χ2v) is 5.65. The predicted molar refractivity (Wildman–Crippen MR) is 87.7 cm³/mol. The number of rotatable bonds is 3. The van der Waals surface area contributed by atoms with Gasteiger partial charge in [0.15, 0.2) is 0 Å². The molecule has 110 valence electrons. The minimum absolute atomic E-state index is 0.319. The molecule has 1 aromatic carbocycles. The van der Waals surface area contributed by atoms with E-state index in [1.54, 1.807) is 0 Å². The van der Waals surface area contributed by atoms with Crippen molar-refractivity contribution in [2.45, 2.75) is 19.0 Å². The van der Waals surface area contributed by atoms with Crippen LogP contribution in [0.15, 0.2) is 42.7 Å². The van der Waals surface area contributed by atoms with E-state index in [4.69, 9.17) is 0 Å². The molecular weight excluding hydrogens is 260 g/mol. The molecule has 0 saturated heterocycles. The van der Waals surface area contributed by atoms with Crippen LogP contribution in [-0.2, 0) is 6.54 Å². The molecule has 0 spiro atoms. The highest BCUT2D eigenvalue weighted by atomic mass is 15.1. The van der Waals surface area contributed by atoms with Gasteiger partial charge in [0, 0.05) is 26.8 Å². The summed E-state index contributed by atoms with van der Waals surface area (Å²) in [6.07, 6.45) is 4.82. The summed E-state index contributed by atoms with van der Waals surface area (Å²) in [6.45, 7) is 1.96. The van der Waals surface area contributed by atoms with Crippen molar-refractivity contribution in [1.82, 2.24) is 10.3 Å². The Bertz CT molecular complexity index is 609. The van der Waals surface area contributed by atoms with E-state index < -0.39 is 0 Å². The molecule has 2 aromatic rings. The van der Waals surface area contributed by atoms with Crippen molar-refractivity contribution in [1.29, 1.82) is 0 Å². The number of nitrogens with one attached hydrogen (secondary N) is 2. The van der Waals surface area contributed by atoms with Crippen molar-refractivity contribution in [3.8, 4) is 0 Å². The van der Waals surface area contributed by atoms with Gasteiger partial charge in [0.25, 0.3) is 0 Å². The number of hydrogen-bond donors (Lipinski definition) is 2. The van der Waals surface area contributed by atoms with Crippen molar-refractivity contribution >= 4 is 11.4 Å². The maximum absolute atomic E-state index is 4.27. The molecule has 4 nitrogen and oxygen atoms in total. The normalized spacial score (nSPS) is 17.7. The molecule has 1 aromatic heterocycles. The smallest absolute Gasteiger partial charge is 0.0769 e. The Kier molecular flexibility index (Phi) is 4.06. The molecular formula is C17H22N4. The molecule has 0 radical (unpaired) electrons. The third-order valence-electron chi connectivity index (χ3n) is 3.97. The Hall–Kier alpha value is -2.07.